The van der Waals surface area contributed by atoms with Gasteiger partial charge < -0.3 is 11.1 Å². The fourth-order valence-electron chi connectivity index (χ4n) is 1.32. The Hall–Kier alpha value is -0.890. The smallest absolute Gasteiger partial charge is 0.0375 e. The number of hydrogen-bond donors (Lipinski definition) is 2. The number of nitrogen functional groups attached to an aromatic ring is 1. The van der Waals surface area contributed by atoms with Crippen molar-refractivity contribution >= 4 is 23.8 Å². The highest BCUT2D eigenvalue weighted by Gasteiger charge is 2.07. The second kappa shape index (κ2) is 3.01. The number of anilines is 2. The minimum atomic E-state index is 0. The predicted octanol–water partition coefficient (Wildman–Crippen LogP) is 1.66. The van der Waals surface area contributed by atoms with Crippen LogP contribution in [0, 0.1) is 0 Å². The summed E-state index contributed by atoms with van der Waals surface area (Å²) in [7, 11) is 0. The Morgan fingerprint density at radius 1 is 1.36 bits per heavy atom. The number of nitrogens with two attached hydrogens (primary N) is 1. The maximum absolute atomic E-state index is 5.60. The van der Waals surface area contributed by atoms with Gasteiger partial charge in [-0.1, -0.05) is 0 Å². The Labute approximate surface area is 72.2 Å². The van der Waals surface area contributed by atoms with Gasteiger partial charge in [-0.25, -0.2) is 0 Å². The lowest BCUT2D eigenvalue weighted by Gasteiger charge is -1.98. The Kier molecular flexibility index (Phi) is 2.25. The Morgan fingerprint density at radius 2 is 2.18 bits per heavy atom. The minimum Gasteiger partial charge on any atom is -0.399 e. The van der Waals surface area contributed by atoms with E-state index in [0.29, 0.717) is 0 Å². The van der Waals surface area contributed by atoms with E-state index in [1.807, 2.05) is 18.2 Å². The molecule has 11 heavy (non-hydrogen) atoms. The topological polar surface area (TPSA) is 38.0 Å². The van der Waals surface area contributed by atoms with E-state index in [4.69, 9.17) is 5.73 Å². The monoisotopic (exact) mass is 170 g/mol. The van der Waals surface area contributed by atoms with Gasteiger partial charge >= 0.3 is 0 Å². The minimum absolute atomic E-state index is 0. The van der Waals surface area contributed by atoms with E-state index in [1.54, 1.807) is 0 Å². The molecule has 0 unspecified atom stereocenters. The highest BCUT2D eigenvalue weighted by molar-refractivity contribution is 5.85. The summed E-state index contributed by atoms with van der Waals surface area (Å²) in [5.74, 6) is 0. The molecule has 0 spiro atoms. The van der Waals surface area contributed by atoms with Crippen LogP contribution >= 0.6 is 12.4 Å². The van der Waals surface area contributed by atoms with Crippen LogP contribution < -0.4 is 11.1 Å². The lowest BCUT2D eigenvalue weighted by Crippen LogP contribution is -1.90. The molecule has 0 amide bonds. The molecule has 1 aromatic carbocycles. The molecule has 3 heteroatoms. The van der Waals surface area contributed by atoms with Crippen LogP contribution in [0.25, 0.3) is 0 Å². The zero-order valence-electron chi connectivity index (χ0n) is 6.13. The van der Waals surface area contributed by atoms with Crippen molar-refractivity contribution in [2.24, 2.45) is 0 Å². The lowest BCUT2D eigenvalue weighted by molar-refractivity contribution is 1.11. The Bertz CT molecular complexity index is 260. The second-order valence-corrected chi connectivity index (χ2v) is 2.59. The fraction of sp³-hybridized carbons (Fsp3) is 0.250. The molecule has 1 aliphatic rings. The summed E-state index contributed by atoms with van der Waals surface area (Å²) in [5.41, 5.74) is 9.06. The normalized spacial score (nSPS) is 13.1. The molecule has 0 aromatic heterocycles. The first-order valence-electron chi connectivity index (χ1n) is 3.48. The Morgan fingerprint density at radius 3 is 3.00 bits per heavy atom. The van der Waals surface area contributed by atoms with E-state index in [2.05, 4.69) is 5.32 Å². The van der Waals surface area contributed by atoms with Gasteiger partial charge in [0.2, 0.25) is 0 Å². The van der Waals surface area contributed by atoms with Crippen molar-refractivity contribution in [3.05, 3.63) is 23.8 Å². The van der Waals surface area contributed by atoms with E-state index < -0.39 is 0 Å². The van der Waals surface area contributed by atoms with Crippen LogP contribution in [0.15, 0.2) is 18.2 Å². The number of rotatable bonds is 0. The van der Waals surface area contributed by atoms with Crippen LogP contribution in [0.5, 0.6) is 0 Å². The largest absolute Gasteiger partial charge is 0.399 e. The van der Waals surface area contributed by atoms with Crippen LogP contribution in [0.3, 0.4) is 0 Å². The fourth-order valence-corrected chi connectivity index (χ4v) is 1.32. The molecule has 0 saturated heterocycles. The molecule has 0 fully saturated rings. The summed E-state index contributed by atoms with van der Waals surface area (Å²) in [6.07, 6.45) is 1.11. The molecular weight excluding hydrogens is 160 g/mol. The summed E-state index contributed by atoms with van der Waals surface area (Å²) >= 11 is 0. The zero-order valence-corrected chi connectivity index (χ0v) is 6.95. The van der Waals surface area contributed by atoms with Crippen molar-refractivity contribution in [3.63, 3.8) is 0 Å². The van der Waals surface area contributed by atoms with Gasteiger partial charge in [0.1, 0.15) is 0 Å². The summed E-state index contributed by atoms with van der Waals surface area (Å²) in [6, 6.07) is 6.00. The van der Waals surface area contributed by atoms with Crippen molar-refractivity contribution in [1.82, 2.24) is 0 Å². The molecule has 1 aromatic rings. The zero-order chi connectivity index (χ0) is 6.97. The summed E-state index contributed by atoms with van der Waals surface area (Å²) in [6.45, 7) is 1.05. The number of hydrogen-bond acceptors (Lipinski definition) is 2. The molecule has 0 atom stereocenters. The summed E-state index contributed by atoms with van der Waals surface area (Å²) < 4.78 is 0. The molecule has 2 nitrogen and oxygen atoms in total. The SMILES string of the molecule is Cl.Nc1ccc2c(c1)CCN2. The maximum Gasteiger partial charge on any atom is 0.0375 e. The number of halogens is 1. The number of benzene rings is 1. The van der Waals surface area contributed by atoms with Crippen molar-refractivity contribution in [1.29, 1.82) is 0 Å². The molecule has 1 heterocycles. The number of fused-ring (bicyclic) bond motifs is 1. The lowest BCUT2D eigenvalue weighted by atomic mass is 10.1. The van der Waals surface area contributed by atoms with Gasteiger partial charge in [0.05, 0.1) is 0 Å². The average molecular weight is 171 g/mol. The maximum atomic E-state index is 5.60. The first-order valence-corrected chi connectivity index (χ1v) is 3.48. The van der Waals surface area contributed by atoms with E-state index in [1.165, 1.54) is 11.3 Å². The first kappa shape index (κ1) is 8.21. The molecule has 0 radical (unpaired) electrons. The van der Waals surface area contributed by atoms with Crippen molar-refractivity contribution in [2.75, 3.05) is 17.6 Å². The molecule has 0 bridgehead atoms. The van der Waals surface area contributed by atoms with Crippen molar-refractivity contribution in [2.45, 2.75) is 6.42 Å². The highest BCUT2D eigenvalue weighted by Crippen LogP contribution is 2.23. The van der Waals surface area contributed by atoms with Crippen LogP contribution in [-0.2, 0) is 6.42 Å². The van der Waals surface area contributed by atoms with Gasteiger partial charge in [-0.2, -0.15) is 0 Å². The molecule has 3 N–H and O–H groups in total. The third-order valence-corrected chi connectivity index (χ3v) is 1.84. The van der Waals surface area contributed by atoms with Crippen LogP contribution in [0.1, 0.15) is 5.56 Å². The van der Waals surface area contributed by atoms with E-state index >= 15 is 0 Å². The van der Waals surface area contributed by atoms with Gasteiger partial charge in [0.25, 0.3) is 0 Å². The van der Waals surface area contributed by atoms with E-state index in [9.17, 15) is 0 Å². The highest BCUT2D eigenvalue weighted by atomic mass is 35.5. The number of nitrogens with one attached hydrogen (secondary N) is 1. The molecular formula is C8H11ClN2. The molecule has 0 aliphatic carbocycles. The predicted molar refractivity (Wildman–Crippen MR) is 50.3 cm³/mol. The third-order valence-electron chi connectivity index (χ3n) is 1.84. The van der Waals surface area contributed by atoms with Crippen molar-refractivity contribution in [3.8, 4) is 0 Å². The quantitative estimate of drug-likeness (QED) is 0.582. The molecule has 2 rings (SSSR count). The van der Waals surface area contributed by atoms with Gasteiger partial charge in [-0.05, 0) is 30.2 Å². The van der Waals surface area contributed by atoms with Crippen LogP contribution in [-0.4, -0.2) is 6.54 Å². The third kappa shape index (κ3) is 1.40. The van der Waals surface area contributed by atoms with Crippen LogP contribution in [0.2, 0.25) is 0 Å². The van der Waals surface area contributed by atoms with Gasteiger partial charge in [0.15, 0.2) is 0 Å². The van der Waals surface area contributed by atoms with Gasteiger partial charge in [-0.15, -0.1) is 12.4 Å². The molecule has 60 valence electrons. The molecule has 1 aliphatic heterocycles. The van der Waals surface area contributed by atoms with Gasteiger partial charge in [-0.3, -0.25) is 0 Å². The van der Waals surface area contributed by atoms with Crippen LogP contribution in [0.4, 0.5) is 11.4 Å². The average Bonchev–Trinajstić information content (AvgIpc) is 2.33. The van der Waals surface area contributed by atoms with E-state index in [0.717, 1.165) is 18.7 Å². The van der Waals surface area contributed by atoms with Crippen molar-refractivity contribution < 1.29 is 0 Å². The summed E-state index contributed by atoms with van der Waals surface area (Å²) in [5, 5.41) is 3.27. The van der Waals surface area contributed by atoms with Gasteiger partial charge in [0, 0.05) is 17.9 Å². The molecule has 0 saturated carbocycles. The second-order valence-electron chi connectivity index (χ2n) is 2.59. The summed E-state index contributed by atoms with van der Waals surface area (Å²) in [4.78, 5) is 0. The van der Waals surface area contributed by atoms with E-state index in [-0.39, 0.29) is 12.4 Å². The standard InChI is InChI=1S/C8H10N2.ClH/c9-7-1-2-8-6(5-7)3-4-10-8;/h1-2,5,10H,3-4,9H2;1H. The first-order chi connectivity index (χ1) is 4.86. The Balaban J connectivity index is 0.000000605.